The number of fused-ring (bicyclic) bond motifs is 1. The molecular formula is C28H31ClF2N2O4S. The van der Waals surface area contributed by atoms with Crippen LogP contribution in [0.15, 0.2) is 47.5 Å². The quantitative estimate of drug-likeness (QED) is 0.208. The number of carbonyl (C=O) groups is 1. The van der Waals surface area contributed by atoms with Crippen molar-refractivity contribution in [3.05, 3.63) is 64.8 Å². The number of methoxy groups -OCH3 is 1. The average Bonchev–Trinajstić information content (AvgIpc) is 2.91. The lowest BCUT2D eigenvalue weighted by Gasteiger charge is -2.39. The van der Waals surface area contributed by atoms with Crippen LogP contribution in [0.5, 0.6) is 5.75 Å². The van der Waals surface area contributed by atoms with Gasteiger partial charge in [0.15, 0.2) is 0 Å². The topological polar surface area (TPSA) is 82.9 Å². The average molecular weight is 565 g/mol. The Morgan fingerprint density at radius 1 is 1.24 bits per heavy atom. The van der Waals surface area contributed by atoms with Crippen molar-refractivity contribution in [1.29, 1.82) is 0 Å². The fraction of sp³-hybridized carbons (Fsp3) is 0.429. The summed E-state index contributed by atoms with van der Waals surface area (Å²) >= 11 is 7.58. The van der Waals surface area contributed by atoms with E-state index >= 15 is 0 Å². The number of hydrogen-bond acceptors (Lipinski definition) is 6. The van der Waals surface area contributed by atoms with E-state index in [1.807, 2.05) is 0 Å². The first-order chi connectivity index (χ1) is 18.2. The molecule has 1 saturated heterocycles. The maximum atomic E-state index is 13.8. The summed E-state index contributed by atoms with van der Waals surface area (Å²) in [4.78, 5) is 18.9. The Kier molecular flexibility index (Phi) is 9.46. The third kappa shape index (κ3) is 6.39. The van der Waals surface area contributed by atoms with Crippen molar-refractivity contribution < 1.29 is 28.5 Å². The molecule has 6 nitrogen and oxygen atoms in total. The van der Waals surface area contributed by atoms with E-state index in [1.54, 1.807) is 25.3 Å². The molecule has 1 atom stereocenters. The molecule has 0 saturated carbocycles. The first-order valence-electron chi connectivity index (χ1n) is 12.6. The van der Waals surface area contributed by atoms with E-state index in [4.69, 9.17) is 16.3 Å². The van der Waals surface area contributed by atoms with Crippen molar-refractivity contribution in [2.24, 2.45) is 5.41 Å². The third-order valence-corrected chi connectivity index (χ3v) is 8.82. The van der Waals surface area contributed by atoms with Gasteiger partial charge >= 0.3 is 5.97 Å². The van der Waals surface area contributed by atoms with E-state index in [1.165, 1.54) is 24.4 Å². The van der Waals surface area contributed by atoms with Gasteiger partial charge in [-0.25, -0.2) is 8.78 Å². The van der Waals surface area contributed by atoms with Gasteiger partial charge in [-0.3, -0.25) is 9.78 Å². The number of aromatic nitrogens is 1. The van der Waals surface area contributed by atoms with Gasteiger partial charge in [0, 0.05) is 17.1 Å². The Hall–Kier alpha value is -2.46. The second-order valence-electron chi connectivity index (χ2n) is 9.64. The SMILES string of the molecule is COc1ccc2ncc(Cl)c([C@@H](O)CCC3(C(=O)O)CCN(CCCSc4c(F)cccc4F)CC3)c2c1. The Morgan fingerprint density at radius 3 is 2.61 bits per heavy atom. The van der Waals surface area contributed by atoms with Crippen LogP contribution in [0.1, 0.15) is 43.8 Å². The molecule has 1 aliphatic heterocycles. The molecule has 3 aromatic rings. The van der Waals surface area contributed by atoms with Crippen molar-refractivity contribution in [2.75, 3.05) is 32.5 Å². The van der Waals surface area contributed by atoms with E-state index in [2.05, 4.69) is 9.88 Å². The monoisotopic (exact) mass is 564 g/mol. The summed E-state index contributed by atoms with van der Waals surface area (Å²) in [6.07, 6.45) is 2.75. The molecule has 2 N–H and O–H groups in total. The van der Waals surface area contributed by atoms with Gasteiger partial charge in [-0.2, -0.15) is 0 Å². The lowest BCUT2D eigenvalue weighted by Crippen LogP contribution is -2.44. The van der Waals surface area contributed by atoms with Gasteiger partial charge in [-0.15, -0.1) is 11.8 Å². The third-order valence-electron chi connectivity index (χ3n) is 7.35. The predicted octanol–water partition coefficient (Wildman–Crippen LogP) is 6.34. The number of nitrogens with zero attached hydrogens (tertiary/aromatic N) is 2. The van der Waals surface area contributed by atoms with Crippen molar-refractivity contribution in [1.82, 2.24) is 9.88 Å². The van der Waals surface area contributed by atoms with Crippen LogP contribution < -0.4 is 4.74 Å². The molecule has 1 aromatic heterocycles. The molecule has 0 radical (unpaired) electrons. The molecule has 0 bridgehead atoms. The number of carboxylic acids is 1. The van der Waals surface area contributed by atoms with Crippen molar-refractivity contribution >= 4 is 40.2 Å². The predicted molar refractivity (Wildman–Crippen MR) is 145 cm³/mol. The smallest absolute Gasteiger partial charge is 0.309 e. The summed E-state index contributed by atoms with van der Waals surface area (Å²) in [5, 5.41) is 22.2. The normalized spacial score (nSPS) is 16.4. The number of thioether (sulfide) groups is 1. The second kappa shape index (κ2) is 12.6. The van der Waals surface area contributed by atoms with Crippen LogP contribution in [0, 0.1) is 17.0 Å². The molecule has 10 heteroatoms. The van der Waals surface area contributed by atoms with Crippen LogP contribution in [0.3, 0.4) is 0 Å². The van der Waals surface area contributed by atoms with E-state index in [0.29, 0.717) is 65.3 Å². The van der Waals surface area contributed by atoms with E-state index in [-0.39, 0.29) is 11.3 Å². The van der Waals surface area contributed by atoms with Crippen LogP contribution in [-0.4, -0.2) is 58.6 Å². The maximum Gasteiger partial charge on any atom is 0.309 e. The van der Waals surface area contributed by atoms with Crippen LogP contribution in [0.25, 0.3) is 10.9 Å². The zero-order valence-electron chi connectivity index (χ0n) is 21.1. The van der Waals surface area contributed by atoms with E-state index < -0.39 is 29.1 Å². The number of likely N-dealkylation sites (tertiary alicyclic amines) is 1. The molecule has 0 spiro atoms. The number of aliphatic hydroxyl groups is 1. The van der Waals surface area contributed by atoms with Gasteiger partial charge < -0.3 is 19.8 Å². The lowest BCUT2D eigenvalue weighted by molar-refractivity contribution is -0.153. The van der Waals surface area contributed by atoms with Crippen LogP contribution >= 0.6 is 23.4 Å². The zero-order chi connectivity index (χ0) is 27.3. The highest BCUT2D eigenvalue weighted by atomic mass is 35.5. The summed E-state index contributed by atoms with van der Waals surface area (Å²) in [5.74, 6) is -0.789. The van der Waals surface area contributed by atoms with Crippen molar-refractivity contribution in [3.8, 4) is 5.75 Å². The summed E-state index contributed by atoms with van der Waals surface area (Å²) in [6.45, 7) is 1.94. The molecule has 2 aromatic carbocycles. The van der Waals surface area contributed by atoms with E-state index in [9.17, 15) is 23.8 Å². The summed E-state index contributed by atoms with van der Waals surface area (Å²) in [7, 11) is 1.56. The van der Waals surface area contributed by atoms with Gasteiger partial charge in [0.25, 0.3) is 0 Å². The standard InChI is InChI=1S/C28H31ClF2N2O4S/c1-37-18-6-7-23-19(16-18)25(20(29)17-32-23)24(34)8-9-28(27(35)36)10-13-33(14-11-28)12-3-15-38-26-21(30)4-2-5-22(26)31/h2,4-7,16-17,24,34H,3,8-15H2,1H3,(H,35,36)/t24-/m0/s1. The highest BCUT2D eigenvalue weighted by Gasteiger charge is 2.41. The molecule has 2 heterocycles. The first kappa shape index (κ1) is 28.5. The molecular weight excluding hydrogens is 534 g/mol. The molecule has 38 heavy (non-hydrogen) atoms. The number of benzene rings is 2. The Labute approximate surface area is 230 Å². The fourth-order valence-electron chi connectivity index (χ4n) is 5.05. The highest BCUT2D eigenvalue weighted by molar-refractivity contribution is 7.99. The van der Waals surface area contributed by atoms with Crippen molar-refractivity contribution in [3.63, 3.8) is 0 Å². The molecule has 204 valence electrons. The number of aliphatic hydroxyl groups excluding tert-OH is 1. The molecule has 1 fully saturated rings. The number of rotatable bonds is 11. The summed E-state index contributed by atoms with van der Waals surface area (Å²) in [6, 6.07) is 9.20. The number of pyridine rings is 1. The molecule has 1 aliphatic rings. The molecule has 0 unspecified atom stereocenters. The van der Waals surface area contributed by atoms with Crippen LogP contribution in [0.2, 0.25) is 5.02 Å². The molecule has 4 rings (SSSR count). The number of piperidine rings is 1. The van der Waals surface area contributed by atoms with Gasteiger partial charge in [0.2, 0.25) is 0 Å². The number of ether oxygens (including phenoxy) is 1. The summed E-state index contributed by atoms with van der Waals surface area (Å²) in [5.41, 5.74) is 0.258. The lowest BCUT2D eigenvalue weighted by atomic mass is 9.74. The maximum absolute atomic E-state index is 13.8. The van der Waals surface area contributed by atoms with Crippen molar-refractivity contribution in [2.45, 2.75) is 43.1 Å². The minimum absolute atomic E-state index is 0.0371. The summed E-state index contributed by atoms with van der Waals surface area (Å²) < 4.78 is 32.9. The van der Waals surface area contributed by atoms with E-state index in [0.717, 1.165) is 24.7 Å². The number of halogens is 3. The van der Waals surface area contributed by atoms with Crippen LogP contribution in [-0.2, 0) is 4.79 Å². The Morgan fingerprint density at radius 2 is 1.95 bits per heavy atom. The fourth-order valence-corrected chi connectivity index (χ4v) is 6.22. The Balaban J connectivity index is 1.33. The molecule has 0 amide bonds. The van der Waals surface area contributed by atoms with Crippen LogP contribution in [0.4, 0.5) is 8.78 Å². The first-order valence-corrected chi connectivity index (χ1v) is 13.9. The minimum Gasteiger partial charge on any atom is -0.497 e. The number of carboxylic acid groups (broad SMARTS) is 1. The highest BCUT2D eigenvalue weighted by Crippen LogP contribution is 2.41. The minimum atomic E-state index is -0.954. The Bertz CT molecular complexity index is 1270. The zero-order valence-corrected chi connectivity index (χ0v) is 22.7. The second-order valence-corrected chi connectivity index (χ2v) is 11.1. The number of aliphatic carboxylic acids is 1. The van der Waals surface area contributed by atoms with Gasteiger partial charge in [-0.05, 0) is 87.8 Å². The largest absolute Gasteiger partial charge is 0.497 e. The van der Waals surface area contributed by atoms with Gasteiger partial charge in [-0.1, -0.05) is 17.7 Å². The van der Waals surface area contributed by atoms with Gasteiger partial charge in [0.05, 0.1) is 34.1 Å². The number of hydrogen-bond donors (Lipinski definition) is 2. The van der Waals surface area contributed by atoms with Gasteiger partial charge in [0.1, 0.15) is 17.4 Å². The molecule has 0 aliphatic carbocycles.